The van der Waals surface area contributed by atoms with Crippen LogP contribution in [0.1, 0.15) is 53.8 Å². The summed E-state index contributed by atoms with van der Waals surface area (Å²) in [5.41, 5.74) is 11.7. The van der Waals surface area contributed by atoms with Crippen molar-refractivity contribution in [2.24, 2.45) is 0 Å². The van der Waals surface area contributed by atoms with E-state index in [0.717, 1.165) is 46.6 Å². The molecule has 0 bridgehead atoms. The van der Waals surface area contributed by atoms with Gasteiger partial charge in [0, 0.05) is 37.3 Å². The van der Waals surface area contributed by atoms with E-state index in [2.05, 4.69) is 62.1 Å². The maximum Gasteiger partial charge on any atom is 0.220 e. The van der Waals surface area contributed by atoms with Gasteiger partial charge >= 0.3 is 0 Å². The van der Waals surface area contributed by atoms with Gasteiger partial charge in [0.15, 0.2) is 8.32 Å². The molecule has 0 aliphatic rings. The Morgan fingerprint density at radius 2 is 1.74 bits per heavy atom. The van der Waals surface area contributed by atoms with Gasteiger partial charge in [-0.05, 0) is 41.2 Å². The number of anilines is 1. The Hall–Kier alpha value is -3.01. The van der Waals surface area contributed by atoms with Crippen molar-refractivity contribution in [2.75, 3.05) is 19.5 Å². The van der Waals surface area contributed by atoms with Gasteiger partial charge in [-0.2, -0.15) is 0 Å². The highest BCUT2D eigenvalue weighted by Crippen LogP contribution is 2.42. The first-order chi connectivity index (χ1) is 18.2. The van der Waals surface area contributed by atoms with Crippen molar-refractivity contribution in [1.82, 2.24) is 19.5 Å². The third-order valence-electron chi connectivity index (χ3n) is 7.56. The van der Waals surface area contributed by atoms with Crippen LogP contribution in [0.4, 0.5) is 5.95 Å². The number of aromatic nitrogens is 4. The molecule has 38 heavy (non-hydrogen) atoms. The lowest BCUT2D eigenvalue weighted by molar-refractivity contribution is 0.129. The Bertz CT molecular complexity index is 1340. The van der Waals surface area contributed by atoms with Gasteiger partial charge in [-0.15, -0.1) is 0 Å². The van der Waals surface area contributed by atoms with Gasteiger partial charge in [-0.1, -0.05) is 53.7 Å². The number of imidazole rings is 1. The number of furan rings is 1. The van der Waals surface area contributed by atoms with E-state index in [1.165, 1.54) is 0 Å². The molecule has 0 saturated carbocycles. The van der Waals surface area contributed by atoms with Crippen LogP contribution in [-0.2, 0) is 22.3 Å². The first-order valence-electron chi connectivity index (χ1n) is 13.5. The molecule has 1 aromatic carbocycles. The molecule has 0 fully saturated rings. The maximum absolute atomic E-state index is 6.82. The summed E-state index contributed by atoms with van der Waals surface area (Å²) in [6, 6.07) is 9.93. The fraction of sp³-hybridized carbons (Fsp3) is 0.483. The van der Waals surface area contributed by atoms with E-state index >= 15 is 0 Å². The van der Waals surface area contributed by atoms with Crippen LogP contribution in [0.15, 0.2) is 47.2 Å². The number of hydrogen-bond donors (Lipinski definition) is 1. The van der Waals surface area contributed by atoms with E-state index in [0.29, 0.717) is 35.7 Å². The summed E-state index contributed by atoms with van der Waals surface area (Å²) in [6.45, 7) is 15.0. The molecule has 0 saturated heterocycles. The van der Waals surface area contributed by atoms with Crippen molar-refractivity contribution in [3.05, 3.63) is 48.6 Å². The number of methoxy groups -OCH3 is 1. The van der Waals surface area contributed by atoms with Gasteiger partial charge in [-0.25, -0.2) is 15.0 Å². The molecule has 9 heteroatoms. The molecule has 0 spiro atoms. The highest BCUT2D eigenvalue weighted by molar-refractivity contribution is 6.77. The third kappa shape index (κ3) is 5.41. The van der Waals surface area contributed by atoms with Crippen LogP contribution in [0.2, 0.25) is 16.6 Å². The van der Waals surface area contributed by atoms with Crippen LogP contribution < -0.4 is 5.73 Å². The first-order valence-corrected chi connectivity index (χ1v) is 15.6. The van der Waals surface area contributed by atoms with E-state index < -0.39 is 8.32 Å². The summed E-state index contributed by atoms with van der Waals surface area (Å²) in [5, 5.41) is 1.04. The molecule has 4 aromatic rings. The number of ether oxygens (including phenoxy) is 1. The van der Waals surface area contributed by atoms with Crippen molar-refractivity contribution in [3.8, 4) is 22.6 Å². The Morgan fingerprint density at radius 3 is 2.39 bits per heavy atom. The number of hydrogen-bond acceptors (Lipinski definition) is 7. The molecule has 0 aliphatic heterocycles. The smallest absolute Gasteiger partial charge is 0.220 e. The summed E-state index contributed by atoms with van der Waals surface area (Å²) in [4.78, 5) is 13.8. The topological polar surface area (TPSA) is 101 Å². The fourth-order valence-corrected chi connectivity index (χ4v) is 11.5. The van der Waals surface area contributed by atoms with Crippen LogP contribution in [-0.4, -0.2) is 41.6 Å². The molecule has 0 atom stereocenters. The Labute approximate surface area is 226 Å². The molecule has 0 unspecified atom stereocenters. The van der Waals surface area contributed by atoms with Gasteiger partial charge in [0.1, 0.15) is 18.1 Å². The SMILES string of the molecule is COCn1c(CCCO[Si](C(C)C)(C(C)C)C(C)C)nc(-c2ccc3ccoc3c2)c1-c1ccnc(N)n1. The molecule has 0 aliphatic carbocycles. The standard InChI is InChI=1S/C29H41N5O3Si/c1-19(2)38(20(3)4,21(5)6)37-15-8-9-26-33-27(23-11-10-22-13-16-36-25(22)17-23)28(34(26)18-35-7)24-12-14-31-29(30)32-24/h10-14,16-17,19-21H,8-9,15,18H2,1-7H3,(H2,30,31,32). The fourth-order valence-electron chi connectivity index (χ4n) is 6.01. The number of rotatable bonds is 12. The summed E-state index contributed by atoms with van der Waals surface area (Å²) < 4.78 is 20.2. The monoisotopic (exact) mass is 535 g/mol. The van der Waals surface area contributed by atoms with Crippen molar-refractivity contribution < 1.29 is 13.6 Å². The number of nitrogens with two attached hydrogens (primary N) is 1. The number of nitrogen functional groups attached to an aromatic ring is 1. The number of aryl methyl sites for hydroxylation is 1. The second-order valence-corrected chi connectivity index (χ2v) is 16.3. The minimum atomic E-state index is -1.92. The number of fused-ring (bicyclic) bond motifs is 1. The molecule has 204 valence electrons. The summed E-state index contributed by atoms with van der Waals surface area (Å²) in [6.07, 6.45) is 4.98. The Kier molecular flexibility index (Phi) is 8.70. The Morgan fingerprint density at radius 1 is 1.00 bits per heavy atom. The van der Waals surface area contributed by atoms with Crippen molar-refractivity contribution >= 4 is 25.2 Å². The van der Waals surface area contributed by atoms with E-state index in [9.17, 15) is 0 Å². The molecule has 3 heterocycles. The lowest BCUT2D eigenvalue weighted by Crippen LogP contribution is -2.48. The lowest BCUT2D eigenvalue weighted by Gasteiger charge is -2.42. The molecular formula is C29H41N5O3Si. The molecule has 3 aromatic heterocycles. The first kappa shape index (κ1) is 28.0. The van der Waals surface area contributed by atoms with Crippen LogP contribution in [0.25, 0.3) is 33.6 Å². The third-order valence-corrected chi connectivity index (χ3v) is 13.7. The van der Waals surface area contributed by atoms with Crippen molar-refractivity contribution in [2.45, 2.75) is 77.7 Å². The van der Waals surface area contributed by atoms with E-state index in [-0.39, 0.29) is 5.95 Å². The van der Waals surface area contributed by atoms with Gasteiger partial charge < -0.3 is 23.9 Å². The van der Waals surface area contributed by atoms with Crippen molar-refractivity contribution in [1.29, 1.82) is 0 Å². The van der Waals surface area contributed by atoms with Gasteiger partial charge in [0.25, 0.3) is 0 Å². The molecular weight excluding hydrogens is 494 g/mol. The van der Waals surface area contributed by atoms with Gasteiger partial charge in [0.2, 0.25) is 5.95 Å². The van der Waals surface area contributed by atoms with Crippen molar-refractivity contribution in [3.63, 3.8) is 0 Å². The second-order valence-electron chi connectivity index (χ2n) is 10.8. The van der Waals surface area contributed by atoms with Gasteiger partial charge in [-0.3, -0.25) is 0 Å². The van der Waals surface area contributed by atoms with Crippen LogP contribution >= 0.6 is 0 Å². The summed E-state index contributed by atoms with van der Waals surface area (Å²) >= 11 is 0. The zero-order valence-corrected chi connectivity index (χ0v) is 24.7. The summed E-state index contributed by atoms with van der Waals surface area (Å²) in [5.74, 6) is 1.13. The Balaban J connectivity index is 1.70. The van der Waals surface area contributed by atoms with E-state index in [4.69, 9.17) is 24.3 Å². The molecule has 8 nitrogen and oxygen atoms in total. The average Bonchev–Trinajstić information content (AvgIpc) is 3.48. The predicted molar refractivity (Wildman–Crippen MR) is 155 cm³/mol. The minimum absolute atomic E-state index is 0.215. The zero-order chi connectivity index (χ0) is 27.4. The van der Waals surface area contributed by atoms with E-state index in [1.807, 2.05) is 24.3 Å². The van der Waals surface area contributed by atoms with Gasteiger partial charge in [0.05, 0.1) is 23.3 Å². The maximum atomic E-state index is 6.82. The molecule has 2 N–H and O–H groups in total. The lowest BCUT2D eigenvalue weighted by atomic mass is 10.1. The summed E-state index contributed by atoms with van der Waals surface area (Å²) in [7, 11) is -0.236. The predicted octanol–water partition coefficient (Wildman–Crippen LogP) is 7.06. The highest BCUT2D eigenvalue weighted by atomic mass is 28.4. The number of nitrogens with zero attached hydrogens (tertiary/aromatic N) is 4. The molecule has 0 amide bonds. The minimum Gasteiger partial charge on any atom is -0.464 e. The highest BCUT2D eigenvalue weighted by Gasteiger charge is 2.44. The second kappa shape index (κ2) is 11.8. The molecule has 0 radical (unpaired) electrons. The normalized spacial score (nSPS) is 12.5. The largest absolute Gasteiger partial charge is 0.464 e. The van der Waals surface area contributed by atoms with Crippen LogP contribution in [0.5, 0.6) is 0 Å². The van der Waals surface area contributed by atoms with Crippen LogP contribution in [0.3, 0.4) is 0 Å². The number of benzene rings is 1. The zero-order valence-electron chi connectivity index (χ0n) is 23.7. The quantitative estimate of drug-likeness (QED) is 0.153. The molecule has 4 rings (SSSR count). The average molecular weight is 536 g/mol. The van der Waals surface area contributed by atoms with Crippen LogP contribution in [0, 0.1) is 0 Å². The van der Waals surface area contributed by atoms with E-state index in [1.54, 1.807) is 19.6 Å².